The van der Waals surface area contributed by atoms with E-state index in [1.165, 1.54) is 0 Å². The van der Waals surface area contributed by atoms with E-state index in [1.807, 2.05) is 39.8 Å². The molecule has 6 heteroatoms. The summed E-state index contributed by atoms with van der Waals surface area (Å²) in [6.07, 6.45) is 0.904. The average molecular weight is 356 g/mol. The Morgan fingerprint density at radius 1 is 1.38 bits per heavy atom. The molecule has 0 aliphatic heterocycles. The van der Waals surface area contributed by atoms with Crippen molar-refractivity contribution in [2.24, 2.45) is 16.3 Å². The van der Waals surface area contributed by atoms with Gasteiger partial charge in [-0.1, -0.05) is 25.1 Å². The van der Waals surface area contributed by atoms with Crippen LogP contribution in [-0.2, 0) is 4.79 Å². The van der Waals surface area contributed by atoms with E-state index in [1.54, 1.807) is 0 Å². The molecule has 0 radical (unpaired) electrons. The van der Waals surface area contributed by atoms with Crippen LogP contribution in [-0.4, -0.2) is 17.0 Å². The minimum Gasteiger partial charge on any atom is -0.409 e. The number of carbonyl (C=O) groups excluding carboxylic acids is 1. The molecule has 0 aromatic heterocycles. The van der Waals surface area contributed by atoms with Gasteiger partial charge in [-0.2, -0.15) is 0 Å². The number of hydrogen-bond acceptors (Lipinski definition) is 3. The van der Waals surface area contributed by atoms with Crippen molar-refractivity contribution in [3.05, 3.63) is 27.7 Å². The van der Waals surface area contributed by atoms with Gasteiger partial charge in [0, 0.05) is 4.47 Å². The molecule has 0 heterocycles. The number of anilines is 1. The van der Waals surface area contributed by atoms with Crippen LogP contribution in [0.2, 0.25) is 0 Å². The van der Waals surface area contributed by atoms with Crippen LogP contribution in [0.4, 0.5) is 5.69 Å². The highest BCUT2D eigenvalue weighted by Gasteiger charge is 2.40. The molecule has 5 nitrogen and oxygen atoms in total. The molecule has 21 heavy (non-hydrogen) atoms. The van der Waals surface area contributed by atoms with Gasteiger partial charge in [-0.25, -0.2) is 0 Å². The van der Waals surface area contributed by atoms with Crippen molar-refractivity contribution >= 4 is 33.4 Å². The van der Waals surface area contributed by atoms with E-state index in [-0.39, 0.29) is 11.7 Å². The molecule has 0 bridgehead atoms. The Kier molecular flexibility index (Phi) is 5.78. The number of nitrogens with one attached hydrogen (secondary N) is 1. The van der Waals surface area contributed by atoms with E-state index in [4.69, 9.17) is 10.9 Å². The van der Waals surface area contributed by atoms with Crippen LogP contribution >= 0.6 is 15.9 Å². The Morgan fingerprint density at radius 2 is 1.95 bits per heavy atom. The maximum absolute atomic E-state index is 12.7. The lowest BCUT2D eigenvalue weighted by Gasteiger charge is -2.29. The fourth-order valence-electron chi connectivity index (χ4n) is 2.45. The van der Waals surface area contributed by atoms with Crippen molar-refractivity contribution < 1.29 is 10.0 Å². The third kappa shape index (κ3) is 3.37. The summed E-state index contributed by atoms with van der Waals surface area (Å²) in [5.74, 6) is -0.332. The van der Waals surface area contributed by atoms with Crippen molar-refractivity contribution in [1.82, 2.24) is 0 Å². The van der Waals surface area contributed by atoms with E-state index >= 15 is 0 Å². The SMILES string of the molecule is CCC(CC)(C(=O)Nc1c(C)cc(C)cc1Br)C(N)=NO. The van der Waals surface area contributed by atoms with Gasteiger partial charge in [-0.15, -0.1) is 0 Å². The summed E-state index contributed by atoms with van der Waals surface area (Å²) >= 11 is 3.47. The summed E-state index contributed by atoms with van der Waals surface area (Å²) < 4.78 is 0.814. The molecule has 0 saturated carbocycles. The van der Waals surface area contributed by atoms with Crippen molar-refractivity contribution in [3.8, 4) is 0 Å². The highest BCUT2D eigenvalue weighted by Crippen LogP contribution is 2.32. The maximum Gasteiger partial charge on any atom is 0.238 e. The average Bonchev–Trinajstić information content (AvgIpc) is 2.44. The summed E-state index contributed by atoms with van der Waals surface area (Å²) in [5, 5.41) is 14.9. The van der Waals surface area contributed by atoms with Crippen LogP contribution in [0.5, 0.6) is 0 Å². The summed E-state index contributed by atoms with van der Waals surface area (Å²) in [5.41, 5.74) is 7.52. The molecular formula is C15H22BrN3O2. The lowest BCUT2D eigenvalue weighted by Crippen LogP contribution is -2.46. The van der Waals surface area contributed by atoms with Gasteiger partial charge in [0.1, 0.15) is 5.41 Å². The number of amidine groups is 1. The van der Waals surface area contributed by atoms with E-state index in [0.717, 1.165) is 15.6 Å². The van der Waals surface area contributed by atoms with Crippen LogP contribution in [0, 0.1) is 19.3 Å². The standard InChI is InChI=1S/C15H22BrN3O2/c1-5-15(6-2,13(17)19-21)14(20)18-12-10(4)7-9(3)8-11(12)16/h7-8,21H,5-6H2,1-4H3,(H2,17,19)(H,18,20). The molecule has 116 valence electrons. The number of amides is 1. The first-order valence-corrected chi connectivity index (χ1v) is 7.67. The van der Waals surface area contributed by atoms with E-state index in [2.05, 4.69) is 26.4 Å². The Bertz CT molecular complexity index is 543. The molecule has 0 spiro atoms. The Labute approximate surface area is 133 Å². The molecule has 4 N–H and O–H groups in total. The number of oxime groups is 1. The van der Waals surface area contributed by atoms with Gasteiger partial charge in [-0.05, 0) is 59.8 Å². The van der Waals surface area contributed by atoms with E-state index in [0.29, 0.717) is 18.5 Å². The normalized spacial score (nSPS) is 12.3. The molecule has 1 aromatic carbocycles. The Morgan fingerprint density at radius 3 is 2.38 bits per heavy atom. The first-order valence-electron chi connectivity index (χ1n) is 6.88. The highest BCUT2D eigenvalue weighted by molar-refractivity contribution is 9.10. The summed E-state index contributed by atoms with van der Waals surface area (Å²) in [4.78, 5) is 12.7. The molecule has 1 aromatic rings. The number of benzene rings is 1. The maximum atomic E-state index is 12.7. The molecule has 0 aliphatic rings. The molecule has 0 aliphatic carbocycles. The first-order chi connectivity index (χ1) is 9.82. The minimum atomic E-state index is -1.01. The lowest BCUT2D eigenvalue weighted by molar-refractivity contribution is -0.122. The smallest absolute Gasteiger partial charge is 0.238 e. The van der Waals surface area contributed by atoms with Gasteiger partial charge in [0.2, 0.25) is 5.91 Å². The van der Waals surface area contributed by atoms with Gasteiger partial charge in [0.15, 0.2) is 5.84 Å². The minimum absolute atomic E-state index is 0.0640. The molecule has 1 amide bonds. The number of halogens is 1. The predicted octanol–water partition coefficient (Wildman–Crippen LogP) is 3.56. The van der Waals surface area contributed by atoms with E-state index < -0.39 is 5.41 Å². The Hall–Kier alpha value is -1.56. The third-order valence-electron chi connectivity index (χ3n) is 3.91. The topological polar surface area (TPSA) is 87.7 Å². The monoisotopic (exact) mass is 355 g/mol. The Balaban J connectivity index is 3.21. The van der Waals surface area contributed by atoms with Gasteiger partial charge in [0.05, 0.1) is 5.69 Å². The predicted molar refractivity (Wildman–Crippen MR) is 88.7 cm³/mol. The zero-order valence-corrected chi connectivity index (χ0v) is 14.4. The quantitative estimate of drug-likeness (QED) is 0.326. The van der Waals surface area contributed by atoms with Gasteiger partial charge in [0.25, 0.3) is 0 Å². The molecule has 1 rings (SSSR count). The fourth-order valence-corrected chi connectivity index (χ4v) is 3.23. The van der Waals surface area contributed by atoms with Crippen LogP contribution in [0.25, 0.3) is 0 Å². The molecule has 0 atom stereocenters. The van der Waals surface area contributed by atoms with Gasteiger partial charge >= 0.3 is 0 Å². The van der Waals surface area contributed by atoms with E-state index in [9.17, 15) is 4.79 Å². The number of aryl methyl sites for hydroxylation is 2. The lowest BCUT2D eigenvalue weighted by atomic mass is 9.80. The van der Waals surface area contributed by atoms with Crippen LogP contribution < -0.4 is 11.1 Å². The number of hydrogen-bond donors (Lipinski definition) is 3. The van der Waals surface area contributed by atoms with Crippen LogP contribution in [0.1, 0.15) is 37.8 Å². The van der Waals surface area contributed by atoms with Crippen LogP contribution in [0.15, 0.2) is 21.8 Å². The second-order valence-electron chi connectivity index (χ2n) is 5.17. The largest absolute Gasteiger partial charge is 0.409 e. The van der Waals surface area contributed by atoms with Crippen molar-refractivity contribution in [1.29, 1.82) is 0 Å². The molecule has 0 unspecified atom stereocenters. The number of rotatable bonds is 5. The second-order valence-corrected chi connectivity index (χ2v) is 6.02. The summed E-state index contributed by atoms with van der Waals surface area (Å²) in [7, 11) is 0. The first kappa shape index (κ1) is 17.5. The number of carbonyl (C=O) groups is 1. The second kappa shape index (κ2) is 6.93. The fraction of sp³-hybridized carbons (Fsp3) is 0.467. The van der Waals surface area contributed by atoms with Crippen LogP contribution in [0.3, 0.4) is 0 Å². The summed E-state index contributed by atoms with van der Waals surface area (Å²) in [6, 6.07) is 3.93. The molecule has 0 saturated heterocycles. The zero-order chi connectivity index (χ0) is 16.2. The number of nitrogens with zero attached hydrogens (tertiary/aromatic N) is 1. The highest BCUT2D eigenvalue weighted by atomic mass is 79.9. The zero-order valence-electron chi connectivity index (χ0n) is 12.8. The molecular weight excluding hydrogens is 334 g/mol. The van der Waals surface area contributed by atoms with Crippen molar-refractivity contribution in [2.75, 3.05) is 5.32 Å². The van der Waals surface area contributed by atoms with Crippen molar-refractivity contribution in [2.45, 2.75) is 40.5 Å². The van der Waals surface area contributed by atoms with Gasteiger partial charge in [-0.3, -0.25) is 4.79 Å². The third-order valence-corrected chi connectivity index (χ3v) is 4.54. The van der Waals surface area contributed by atoms with Gasteiger partial charge < -0.3 is 16.3 Å². The summed E-state index contributed by atoms with van der Waals surface area (Å²) in [6.45, 7) is 7.61. The number of nitrogens with two attached hydrogens (primary N) is 1. The molecule has 0 fully saturated rings. The van der Waals surface area contributed by atoms with Crippen molar-refractivity contribution in [3.63, 3.8) is 0 Å².